The summed E-state index contributed by atoms with van der Waals surface area (Å²) in [4.78, 5) is 25.3. The third-order valence-corrected chi connectivity index (χ3v) is 2.98. The van der Waals surface area contributed by atoms with Crippen LogP contribution in [0.15, 0.2) is 11.3 Å². The average molecular weight is 238 g/mol. The Morgan fingerprint density at radius 1 is 1.29 bits per heavy atom. The van der Waals surface area contributed by atoms with E-state index in [9.17, 15) is 9.59 Å². The Morgan fingerprint density at radius 3 is 2.12 bits per heavy atom. The zero-order valence-electron chi connectivity index (χ0n) is 11.8. The zero-order valence-corrected chi connectivity index (χ0v) is 11.8. The Hall–Kier alpha value is -1.32. The Kier molecular flexibility index (Phi) is 3.12. The van der Waals surface area contributed by atoms with E-state index < -0.39 is 5.54 Å². The largest absolute Gasteiger partial charge is 0.329 e. The summed E-state index contributed by atoms with van der Waals surface area (Å²) >= 11 is 0. The number of hydrogen-bond donors (Lipinski definition) is 1. The van der Waals surface area contributed by atoms with Crippen molar-refractivity contribution in [1.82, 2.24) is 10.2 Å². The van der Waals surface area contributed by atoms with Gasteiger partial charge >= 0.3 is 6.03 Å². The van der Waals surface area contributed by atoms with Gasteiger partial charge in [0.05, 0.1) is 5.54 Å². The van der Waals surface area contributed by atoms with E-state index in [0.29, 0.717) is 5.57 Å². The molecule has 1 N–H and O–H groups in total. The van der Waals surface area contributed by atoms with Gasteiger partial charge in [-0.15, -0.1) is 0 Å². The van der Waals surface area contributed by atoms with Crippen LogP contribution in [0, 0.1) is 5.41 Å². The van der Waals surface area contributed by atoms with Crippen LogP contribution in [-0.2, 0) is 4.79 Å². The Balaban J connectivity index is 3.57. The van der Waals surface area contributed by atoms with Crippen LogP contribution in [0.2, 0.25) is 0 Å². The molecule has 0 saturated heterocycles. The molecule has 0 saturated carbocycles. The van der Waals surface area contributed by atoms with Crippen molar-refractivity contribution in [3.63, 3.8) is 0 Å². The van der Waals surface area contributed by atoms with Crippen molar-refractivity contribution in [2.45, 2.75) is 47.1 Å². The lowest BCUT2D eigenvalue weighted by atomic mass is 9.78. The molecule has 0 spiro atoms. The fourth-order valence-electron chi connectivity index (χ4n) is 2.46. The third kappa shape index (κ3) is 2.35. The summed E-state index contributed by atoms with van der Waals surface area (Å²) in [5.74, 6) is 0.00627. The number of urea groups is 1. The second kappa shape index (κ2) is 3.86. The Morgan fingerprint density at radius 2 is 1.76 bits per heavy atom. The fraction of sp³-hybridized carbons (Fsp3) is 0.692. The van der Waals surface area contributed by atoms with E-state index in [1.165, 1.54) is 0 Å². The smallest absolute Gasteiger partial charge is 0.322 e. The van der Waals surface area contributed by atoms with Crippen molar-refractivity contribution in [2.24, 2.45) is 5.41 Å². The van der Waals surface area contributed by atoms with E-state index in [1.807, 2.05) is 34.6 Å². The summed E-state index contributed by atoms with van der Waals surface area (Å²) in [6.07, 6.45) is 0. The van der Waals surface area contributed by atoms with Gasteiger partial charge in [0.15, 0.2) is 5.78 Å². The molecule has 0 aliphatic carbocycles. The average Bonchev–Trinajstić information content (AvgIpc) is 2.07. The molecule has 1 heterocycles. The number of nitrogens with zero attached hydrogens (tertiary/aromatic N) is 1. The lowest BCUT2D eigenvalue weighted by Crippen LogP contribution is -2.58. The van der Waals surface area contributed by atoms with Gasteiger partial charge in [-0.3, -0.25) is 4.79 Å². The van der Waals surface area contributed by atoms with Gasteiger partial charge in [0.1, 0.15) is 0 Å². The first kappa shape index (κ1) is 13.7. The van der Waals surface area contributed by atoms with Crippen molar-refractivity contribution in [3.8, 4) is 0 Å². The van der Waals surface area contributed by atoms with Crippen LogP contribution >= 0.6 is 0 Å². The van der Waals surface area contributed by atoms with E-state index in [0.717, 1.165) is 5.70 Å². The first-order valence-corrected chi connectivity index (χ1v) is 5.80. The van der Waals surface area contributed by atoms with Crippen LogP contribution in [0.4, 0.5) is 4.79 Å². The molecule has 4 heteroatoms. The van der Waals surface area contributed by atoms with Crippen molar-refractivity contribution < 1.29 is 9.59 Å². The van der Waals surface area contributed by atoms with Crippen molar-refractivity contribution >= 4 is 11.8 Å². The number of hydrogen-bond acceptors (Lipinski definition) is 2. The zero-order chi connectivity index (χ0) is 13.6. The maximum atomic E-state index is 11.9. The molecule has 0 bridgehead atoms. The number of carbonyl (C=O) groups excluding carboxylic acids is 2. The predicted octanol–water partition coefficient (Wildman–Crippen LogP) is 2.31. The molecular weight excluding hydrogens is 216 g/mol. The van der Waals surface area contributed by atoms with Gasteiger partial charge in [0.2, 0.25) is 0 Å². The van der Waals surface area contributed by atoms with Gasteiger partial charge in [-0.2, -0.15) is 0 Å². The molecule has 0 aromatic rings. The van der Waals surface area contributed by atoms with Crippen LogP contribution in [-0.4, -0.2) is 29.3 Å². The van der Waals surface area contributed by atoms with E-state index in [2.05, 4.69) is 5.32 Å². The van der Waals surface area contributed by atoms with E-state index in [-0.39, 0.29) is 17.2 Å². The molecule has 0 fully saturated rings. The van der Waals surface area contributed by atoms with Crippen LogP contribution in [0.3, 0.4) is 0 Å². The first-order chi connectivity index (χ1) is 7.48. The highest BCUT2D eigenvalue weighted by atomic mass is 16.2. The van der Waals surface area contributed by atoms with Crippen LogP contribution < -0.4 is 5.32 Å². The summed E-state index contributed by atoms with van der Waals surface area (Å²) in [6, 6.07) is -0.162. The molecule has 1 aliphatic rings. The minimum atomic E-state index is -0.613. The molecule has 1 aliphatic heterocycles. The highest BCUT2D eigenvalue weighted by molar-refractivity contribution is 5.99. The summed E-state index contributed by atoms with van der Waals surface area (Å²) in [6.45, 7) is 11.3. The number of nitrogens with one attached hydrogen (secondary N) is 1. The second-order valence-corrected chi connectivity index (χ2v) is 6.14. The summed E-state index contributed by atoms with van der Waals surface area (Å²) in [5.41, 5.74) is 0.633. The number of ketones is 1. The highest BCUT2D eigenvalue weighted by Crippen LogP contribution is 2.37. The number of amides is 2. The molecule has 0 aromatic carbocycles. The number of rotatable bonds is 1. The van der Waals surface area contributed by atoms with Crippen molar-refractivity contribution in [2.75, 3.05) is 7.05 Å². The summed E-state index contributed by atoms with van der Waals surface area (Å²) < 4.78 is 0. The number of Topliss-reactive ketones (excluding diaryl/α,β-unsaturated/α-hetero) is 1. The molecule has 96 valence electrons. The molecule has 2 amide bonds. The quantitative estimate of drug-likeness (QED) is 0.762. The molecular formula is C13H22N2O2. The molecule has 0 aromatic heterocycles. The molecule has 0 radical (unpaired) electrons. The topological polar surface area (TPSA) is 49.4 Å². The highest BCUT2D eigenvalue weighted by Gasteiger charge is 2.42. The monoisotopic (exact) mass is 238 g/mol. The minimum Gasteiger partial charge on any atom is -0.329 e. The normalized spacial score (nSPS) is 20.4. The standard InChI is InChI=1S/C13H22N2O2/c1-8(16)9-10(12(2,3)4)15(7)11(17)14-13(9,5)6/h1-7H3,(H,14,17). The van der Waals surface area contributed by atoms with Gasteiger partial charge in [0, 0.05) is 23.7 Å². The van der Waals surface area contributed by atoms with Crippen LogP contribution in [0.5, 0.6) is 0 Å². The van der Waals surface area contributed by atoms with Gasteiger partial charge in [0.25, 0.3) is 0 Å². The summed E-state index contributed by atoms with van der Waals surface area (Å²) in [7, 11) is 1.70. The maximum absolute atomic E-state index is 11.9. The number of allylic oxidation sites excluding steroid dienone is 1. The molecule has 0 atom stereocenters. The third-order valence-electron chi connectivity index (χ3n) is 2.98. The summed E-state index contributed by atoms with van der Waals surface area (Å²) in [5, 5.41) is 2.85. The molecule has 0 unspecified atom stereocenters. The lowest BCUT2D eigenvalue weighted by Gasteiger charge is -2.43. The lowest BCUT2D eigenvalue weighted by molar-refractivity contribution is -0.114. The predicted molar refractivity (Wildman–Crippen MR) is 67.5 cm³/mol. The minimum absolute atomic E-state index is 0.00627. The first-order valence-electron chi connectivity index (χ1n) is 5.80. The second-order valence-electron chi connectivity index (χ2n) is 6.14. The van der Waals surface area contributed by atoms with Crippen LogP contribution in [0.1, 0.15) is 41.5 Å². The van der Waals surface area contributed by atoms with Gasteiger partial charge < -0.3 is 10.2 Å². The van der Waals surface area contributed by atoms with Gasteiger partial charge in [-0.1, -0.05) is 20.8 Å². The van der Waals surface area contributed by atoms with Gasteiger partial charge in [-0.25, -0.2) is 4.79 Å². The van der Waals surface area contributed by atoms with Crippen LogP contribution in [0.25, 0.3) is 0 Å². The van der Waals surface area contributed by atoms with Gasteiger partial charge in [-0.05, 0) is 20.8 Å². The maximum Gasteiger partial charge on any atom is 0.322 e. The number of carbonyl (C=O) groups is 2. The van der Waals surface area contributed by atoms with Crippen molar-refractivity contribution in [3.05, 3.63) is 11.3 Å². The van der Waals surface area contributed by atoms with E-state index in [1.54, 1.807) is 18.9 Å². The van der Waals surface area contributed by atoms with Crippen molar-refractivity contribution in [1.29, 1.82) is 0 Å². The molecule has 4 nitrogen and oxygen atoms in total. The molecule has 1 rings (SSSR count). The Bertz CT molecular complexity index is 400. The fourth-order valence-corrected chi connectivity index (χ4v) is 2.46. The Labute approximate surface area is 103 Å². The van der Waals surface area contributed by atoms with E-state index >= 15 is 0 Å². The molecule has 17 heavy (non-hydrogen) atoms. The van der Waals surface area contributed by atoms with E-state index in [4.69, 9.17) is 0 Å². The SMILES string of the molecule is CC(=O)C1=C(C(C)(C)C)N(C)C(=O)NC1(C)C.